The topological polar surface area (TPSA) is 103 Å². The standard InChI is InChI=1S/C24H17ClFN5O3S/c25-18-9-7-17(8-10-18)23-28-24(34-29-23)21-14-31(15-27-21)13-16-5-11-19(12-6-16)30-35(32,33)22-4-2-1-3-20(22)26/h1-12,14-15,30H,13H2. The van der Waals surface area contributed by atoms with Gasteiger partial charge in [0.25, 0.3) is 15.9 Å². The lowest BCUT2D eigenvalue weighted by Gasteiger charge is -2.10. The van der Waals surface area contributed by atoms with Gasteiger partial charge in [0.15, 0.2) is 0 Å². The highest BCUT2D eigenvalue weighted by Gasteiger charge is 2.18. The number of anilines is 1. The fourth-order valence-corrected chi connectivity index (χ4v) is 4.63. The van der Waals surface area contributed by atoms with Crippen LogP contribution in [0.3, 0.4) is 0 Å². The van der Waals surface area contributed by atoms with Gasteiger partial charge in [-0.15, -0.1) is 0 Å². The van der Waals surface area contributed by atoms with Crippen LogP contribution in [-0.2, 0) is 16.6 Å². The van der Waals surface area contributed by atoms with Gasteiger partial charge in [0.05, 0.1) is 6.33 Å². The average Bonchev–Trinajstić information content (AvgIpc) is 3.51. The van der Waals surface area contributed by atoms with Crippen LogP contribution in [0.5, 0.6) is 0 Å². The van der Waals surface area contributed by atoms with Gasteiger partial charge in [0.2, 0.25) is 5.82 Å². The van der Waals surface area contributed by atoms with Gasteiger partial charge in [-0.2, -0.15) is 4.98 Å². The van der Waals surface area contributed by atoms with E-state index in [0.717, 1.165) is 17.2 Å². The van der Waals surface area contributed by atoms with Gasteiger partial charge in [0, 0.05) is 29.0 Å². The summed E-state index contributed by atoms with van der Waals surface area (Å²) in [5.74, 6) is -0.0969. The second-order valence-corrected chi connectivity index (χ2v) is 9.68. The van der Waals surface area contributed by atoms with Crippen molar-refractivity contribution in [3.05, 3.63) is 102 Å². The molecule has 0 aliphatic carbocycles. The molecule has 0 fully saturated rings. The van der Waals surface area contributed by atoms with E-state index in [-0.39, 0.29) is 5.89 Å². The first-order valence-electron chi connectivity index (χ1n) is 10.4. The number of rotatable bonds is 7. The van der Waals surface area contributed by atoms with Gasteiger partial charge in [-0.1, -0.05) is 41.0 Å². The van der Waals surface area contributed by atoms with Crippen molar-refractivity contribution < 1.29 is 17.3 Å². The second kappa shape index (κ2) is 9.32. The van der Waals surface area contributed by atoms with Gasteiger partial charge >= 0.3 is 0 Å². The molecule has 8 nitrogen and oxygen atoms in total. The zero-order valence-corrected chi connectivity index (χ0v) is 19.5. The van der Waals surface area contributed by atoms with Crippen molar-refractivity contribution >= 4 is 27.3 Å². The van der Waals surface area contributed by atoms with Gasteiger partial charge in [-0.05, 0) is 54.1 Å². The largest absolute Gasteiger partial charge is 0.332 e. The van der Waals surface area contributed by atoms with E-state index in [0.29, 0.717) is 28.8 Å². The predicted molar refractivity (Wildman–Crippen MR) is 129 cm³/mol. The van der Waals surface area contributed by atoms with Gasteiger partial charge in [0.1, 0.15) is 16.4 Å². The Morgan fingerprint density at radius 1 is 1.00 bits per heavy atom. The summed E-state index contributed by atoms with van der Waals surface area (Å²) in [5.41, 5.74) is 2.51. The van der Waals surface area contributed by atoms with Crippen LogP contribution in [0.2, 0.25) is 5.02 Å². The Balaban J connectivity index is 1.26. The third kappa shape index (κ3) is 5.08. The monoisotopic (exact) mass is 509 g/mol. The van der Waals surface area contributed by atoms with Crippen molar-refractivity contribution in [3.63, 3.8) is 0 Å². The maximum atomic E-state index is 13.9. The first kappa shape index (κ1) is 22.8. The fraction of sp³-hybridized carbons (Fsp3) is 0.0417. The number of hydrogen-bond acceptors (Lipinski definition) is 6. The third-order valence-corrected chi connectivity index (χ3v) is 6.74. The Morgan fingerprint density at radius 3 is 2.49 bits per heavy atom. The SMILES string of the molecule is O=S(=O)(Nc1ccc(Cn2cnc(-c3nc(-c4ccc(Cl)cc4)no3)c2)cc1)c1ccccc1F. The van der Waals surface area contributed by atoms with Crippen LogP contribution in [0.4, 0.5) is 10.1 Å². The highest BCUT2D eigenvalue weighted by atomic mass is 35.5. The van der Waals surface area contributed by atoms with E-state index in [4.69, 9.17) is 16.1 Å². The number of imidazole rings is 1. The molecule has 0 saturated heterocycles. The van der Waals surface area contributed by atoms with E-state index in [9.17, 15) is 12.8 Å². The smallest absolute Gasteiger partial charge is 0.278 e. The van der Waals surface area contributed by atoms with Gasteiger partial charge in [-0.25, -0.2) is 17.8 Å². The summed E-state index contributed by atoms with van der Waals surface area (Å²) in [7, 11) is -4.03. The van der Waals surface area contributed by atoms with Crippen molar-refractivity contribution in [3.8, 4) is 23.0 Å². The van der Waals surface area contributed by atoms with Gasteiger partial charge in [-0.3, -0.25) is 4.72 Å². The van der Waals surface area contributed by atoms with Crippen LogP contribution >= 0.6 is 11.6 Å². The Bertz CT molecular complexity index is 1580. The summed E-state index contributed by atoms with van der Waals surface area (Å²) in [6, 6.07) is 19.1. The molecule has 3 aromatic carbocycles. The number of hydrogen-bond donors (Lipinski definition) is 1. The van der Waals surface area contributed by atoms with E-state index in [1.165, 1.54) is 18.2 Å². The molecule has 0 amide bonds. The van der Waals surface area contributed by atoms with E-state index in [1.807, 2.05) is 4.57 Å². The zero-order valence-electron chi connectivity index (χ0n) is 18.0. The lowest BCUT2D eigenvalue weighted by atomic mass is 10.2. The molecular weight excluding hydrogens is 493 g/mol. The second-order valence-electron chi connectivity index (χ2n) is 7.59. The van der Waals surface area contributed by atoms with E-state index < -0.39 is 20.7 Å². The van der Waals surface area contributed by atoms with Crippen molar-refractivity contribution in [2.75, 3.05) is 4.72 Å². The van der Waals surface area contributed by atoms with Crippen LogP contribution in [-0.4, -0.2) is 28.1 Å². The minimum atomic E-state index is -4.03. The predicted octanol–water partition coefficient (Wildman–Crippen LogP) is 5.24. The molecule has 11 heteroatoms. The normalized spacial score (nSPS) is 11.5. The maximum absolute atomic E-state index is 13.9. The highest BCUT2D eigenvalue weighted by molar-refractivity contribution is 7.92. The van der Waals surface area contributed by atoms with Crippen molar-refractivity contribution in [2.24, 2.45) is 0 Å². The number of benzene rings is 3. The number of sulfonamides is 1. The molecule has 176 valence electrons. The molecule has 0 unspecified atom stereocenters. The zero-order chi connectivity index (χ0) is 24.4. The quantitative estimate of drug-likeness (QED) is 0.322. The minimum Gasteiger partial charge on any atom is -0.332 e. The van der Waals surface area contributed by atoms with Crippen LogP contribution < -0.4 is 4.72 Å². The Labute approximate surface area is 205 Å². The molecule has 0 saturated carbocycles. The average molecular weight is 510 g/mol. The number of aromatic nitrogens is 4. The van der Waals surface area contributed by atoms with Gasteiger partial charge < -0.3 is 9.09 Å². The van der Waals surface area contributed by atoms with E-state index in [2.05, 4.69) is 19.8 Å². The summed E-state index contributed by atoms with van der Waals surface area (Å²) in [6.45, 7) is 0.478. The summed E-state index contributed by atoms with van der Waals surface area (Å²) in [4.78, 5) is 8.31. The maximum Gasteiger partial charge on any atom is 0.278 e. The Kier molecular flexibility index (Phi) is 6.06. The summed E-state index contributed by atoms with van der Waals surface area (Å²) in [6.07, 6.45) is 3.41. The lowest BCUT2D eigenvalue weighted by Crippen LogP contribution is -2.14. The molecule has 1 N–H and O–H groups in total. The van der Waals surface area contributed by atoms with Crippen molar-refractivity contribution in [1.82, 2.24) is 19.7 Å². The number of nitrogens with zero attached hydrogens (tertiary/aromatic N) is 4. The molecule has 0 atom stereocenters. The molecule has 5 aromatic rings. The molecule has 2 aromatic heterocycles. The van der Waals surface area contributed by atoms with Crippen LogP contribution in [0.25, 0.3) is 23.0 Å². The summed E-state index contributed by atoms with van der Waals surface area (Å²) < 4.78 is 48.3. The molecule has 0 aliphatic heterocycles. The molecule has 5 rings (SSSR count). The first-order valence-corrected chi connectivity index (χ1v) is 12.2. The highest BCUT2D eigenvalue weighted by Crippen LogP contribution is 2.23. The lowest BCUT2D eigenvalue weighted by molar-refractivity contribution is 0.431. The molecular formula is C24H17ClFN5O3S. The van der Waals surface area contributed by atoms with Crippen molar-refractivity contribution in [2.45, 2.75) is 11.4 Å². The summed E-state index contributed by atoms with van der Waals surface area (Å²) >= 11 is 5.92. The molecule has 0 radical (unpaired) electrons. The van der Waals surface area contributed by atoms with E-state index >= 15 is 0 Å². The third-order valence-electron chi connectivity index (χ3n) is 5.08. The molecule has 0 bridgehead atoms. The number of halogens is 2. The molecule has 0 spiro atoms. The first-order chi connectivity index (χ1) is 16.9. The minimum absolute atomic E-state index is 0.284. The molecule has 35 heavy (non-hydrogen) atoms. The summed E-state index contributed by atoms with van der Waals surface area (Å²) in [5, 5.41) is 4.61. The Morgan fingerprint density at radius 2 is 1.74 bits per heavy atom. The fourth-order valence-electron chi connectivity index (χ4n) is 3.36. The van der Waals surface area contributed by atoms with Crippen LogP contribution in [0.15, 0.2) is 94.7 Å². The molecule has 2 heterocycles. The van der Waals surface area contributed by atoms with Crippen LogP contribution in [0, 0.1) is 5.82 Å². The molecule has 0 aliphatic rings. The Hall–Kier alpha value is -4.02. The van der Waals surface area contributed by atoms with E-state index in [1.54, 1.807) is 61.1 Å². The van der Waals surface area contributed by atoms with Crippen LogP contribution in [0.1, 0.15) is 5.56 Å². The van der Waals surface area contributed by atoms with Crippen molar-refractivity contribution in [1.29, 1.82) is 0 Å². The number of nitrogens with one attached hydrogen (secondary N) is 1.